The summed E-state index contributed by atoms with van der Waals surface area (Å²) < 4.78 is 26.5. The third kappa shape index (κ3) is 3.52. The molecule has 0 aliphatic carbocycles. The Labute approximate surface area is 127 Å². The molecule has 4 heteroatoms. The number of hydrogen-bond donors (Lipinski definition) is 0. The molecule has 112 valence electrons. The third-order valence-electron chi connectivity index (χ3n) is 3.63. The highest BCUT2D eigenvalue weighted by Crippen LogP contribution is 2.19. The molecule has 0 atom stereocenters. The zero-order chi connectivity index (χ0) is 15.6. The van der Waals surface area contributed by atoms with Gasteiger partial charge in [0.15, 0.2) is 0 Å². The van der Waals surface area contributed by atoms with Crippen LogP contribution in [0.25, 0.3) is 0 Å². The van der Waals surface area contributed by atoms with Crippen LogP contribution in [0.15, 0.2) is 47.4 Å². The minimum absolute atomic E-state index is 0.334. The van der Waals surface area contributed by atoms with Gasteiger partial charge in [0.2, 0.25) is 10.0 Å². The lowest BCUT2D eigenvalue weighted by Crippen LogP contribution is -2.26. The van der Waals surface area contributed by atoms with Crippen molar-refractivity contribution in [2.75, 3.05) is 7.05 Å². The maximum absolute atomic E-state index is 12.6. The second-order valence-electron chi connectivity index (χ2n) is 5.50. The van der Waals surface area contributed by atoms with Crippen LogP contribution in [0.5, 0.6) is 0 Å². The predicted octanol–water partition coefficient (Wildman–Crippen LogP) is 3.43. The van der Waals surface area contributed by atoms with E-state index in [0.717, 1.165) is 22.3 Å². The van der Waals surface area contributed by atoms with Gasteiger partial charge in [-0.05, 0) is 44.0 Å². The van der Waals surface area contributed by atoms with Gasteiger partial charge in [0.1, 0.15) is 0 Å². The largest absolute Gasteiger partial charge is 0.243 e. The van der Waals surface area contributed by atoms with Crippen LogP contribution >= 0.6 is 0 Å². The van der Waals surface area contributed by atoms with Gasteiger partial charge in [-0.3, -0.25) is 0 Å². The quantitative estimate of drug-likeness (QED) is 0.867. The average molecular weight is 303 g/mol. The Morgan fingerprint density at radius 3 is 2.10 bits per heavy atom. The van der Waals surface area contributed by atoms with Crippen LogP contribution in [0.3, 0.4) is 0 Å². The molecule has 2 rings (SSSR count). The molecule has 3 nitrogen and oxygen atoms in total. The smallest absolute Gasteiger partial charge is 0.207 e. The van der Waals surface area contributed by atoms with Crippen molar-refractivity contribution in [3.63, 3.8) is 0 Å². The van der Waals surface area contributed by atoms with E-state index >= 15 is 0 Å². The highest BCUT2D eigenvalue weighted by atomic mass is 32.2. The van der Waals surface area contributed by atoms with Crippen LogP contribution in [0, 0.1) is 20.8 Å². The topological polar surface area (TPSA) is 37.4 Å². The van der Waals surface area contributed by atoms with Gasteiger partial charge in [-0.1, -0.05) is 41.5 Å². The van der Waals surface area contributed by atoms with Crippen LogP contribution in [-0.4, -0.2) is 19.8 Å². The molecule has 0 amide bonds. The number of hydrogen-bond acceptors (Lipinski definition) is 2. The first-order chi connectivity index (χ1) is 9.80. The molecule has 0 aromatic heterocycles. The molecular formula is C17H21NO2S. The first kappa shape index (κ1) is 15.7. The summed E-state index contributed by atoms with van der Waals surface area (Å²) >= 11 is 0. The van der Waals surface area contributed by atoms with Crippen LogP contribution < -0.4 is 0 Å². The molecule has 0 heterocycles. The highest BCUT2D eigenvalue weighted by molar-refractivity contribution is 7.89. The molecule has 0 aliphatic heterocycles. The molecule has 2 aromatic rings. The second kappa shape index (κ2) is 6.00. The number of sulfonamides is 1. The van der Waals surface area contributed by atoms with Gasteiger partial charge in [0.25, 0.3) is 0 Å². The van der Waals surface area contributed by atoms with E-state index < -0.39 is 10.0 Å². The molecule has 0 radical (unpaired) electrons. The SMILES string of the molecule is Cc1ccc(S(=O)(=O)N(C)Cc2cc(C)ccc2C)cc1. The summed E-state index contributed by atoms with van der Waals surface area (Å²) in [7, 11) is -1.83. The van der Waals surface area contributed by atoms with E-state index in [1.165, 1.54) is 4.31 Å². The standard InChI is InChI=1S/C17H21NO2S/c1-13-6-9-17(10-7-13)21(19,20)18(4)12-16-11-14(2)5-8-15(16)3/h5-11H,12H2,1-4H3. The summed E-state index contributed by atoms with van der Waals surface area (Å²) in [5.74, 6) is 0. The first-order valence-corrected chi connectivity index (χ1v) is 8.34. The van der Waals surface area contributed by atoms with Gasteiger partial charge in [0, 0.05) is 13.6 Å². The Hall–Kier alpha value is -1.65. The molecule has 0 bridgehead atoms. The van der Waals surface area contributed by atoms with Crippen molar-refractivity contribution in [3.8, 4) is 0 Å². The van der Waals surface area contributed by atoms with E-state index in [1.54, 1.807) is 19.2 Å². The lowest BCUT2D eigenvalue weighted by atomic mass is 10.1. The van der Waals surface area contributed by atoms with Gasteiger partial charge < -0.3 is 0 Å². The summed E-state index contributed by atoms with van der Waals surface area (Å²) in [6, 6.07) is 13.0. The van der Waals surface area contributed by atoms with E-state index in [0.29, 0.717) is 11.4 Å². The lowest BCUT2D eigenvalue weighted by molar-refractivity contribution is 0.466. The summed E-state index contributed by atoms with van der Waals surface area (Å²) in [6.07, 6.45) is 0. The Balaban J connectivity index is 2.28. The maximum atomic E-state index is 12.6. The first-order valence-electron chi connectivity index (χ1n) is 6.90. The molecule has 0 saturated carbocycles. The Kier molecular flexibility index (Phi) is 4.49. The van der Waals surface area contributed by atoms with Gasteiger partial charge >= 0.3 is 0 Å². The fourth-order valence-corrected chi connectivity index (χ4v) is 3.33. The second-order valence-corrected chi connectivity index (χ2v) is 7.55. The van der Waals surface area contributed by atoms with E-state index in [2.05, 4.69) is 0 Å². The molecule has 0 spiro atoms. The summed E-state index contributed by atoms with van der Waals surface area (Å²) in [4.78, 5) is 0.334. The Bertz CT molecular complexity index is 734. The summed E-state index contributed by atoms with van der Waals surface area (Å²) in [6.45, 7) is 6.33. The van der Waals surface area contributed by atoms with Crippen molar-refractivity contribution in [1.82, 2.24) is 4.31 Å². The minimum Gasteiger partial charge on any atom is -0.207 e. The monoisotopic (exact) mass is 303 g/mol. The molecule has 0 fully saturated rings. The Morgan fingerprint density at radius 2 is 1.48 bits per heavy atom. The molecular weight excluding hydrogens is 282 g/mol. The summed E-state index contributed by atoms with van der Waals surface area (Å²) in [5, 5.41) is 0. The van der Waals surface area contributed by atoms with Gasteiger partial charge in [-0.15, -0.1) is 0 Å². The molecule has 2 aromatic carbocycles. The number of benzene rings is 2. The minimum atomic E-state index is -3.45. The van der Waals surface area contributed by atoms with Crippen molar-refractivity contribution >= 4 is 10.0 Å². The van der Waals surface area contributed by atoms with Gasteiger partial charge in [-0.2, -0.15) is 4.31 Å². The van der Waals surface area contributed by atoms with E-state index in [9.17, 15) is 8.42 Å². The van der Waals surface area contributed by atoms with Crippen LogP contribution in [0.4, 0.5) is 0 Å². The highest BCUT2D eigenvalue weighted by Gasteiger charge is 2.21. The van der Waals surface area contributed by atoms with Crippen molar-refractivity contribution < 1.29 is 8.42 Å². The predicted molar refractivity (Wildman–Crippen MR) is 85.7 cm³/mol. The normalized spacial score (nSPS) is 11.9. The van der Waals surface area contributed by atoms with Crippen molar-refractivity contribution in [3.05, 3.63) is 64.7 Å². The average Bonchev–Trinajstić information content (AvgIpc) is 2.43. The third-order valence-corrected chi connectivity index (χ3v) is 5.44. The van der Waals surface area contributed by atoms with Gasteiger partial charge in [-0.25, -0.2) is 8.42 Å². The maximum Gasteiger partial charge on any atom is 0.243 e. The molecule has 0 N–H and O–H groups in total. The molecule has 0 unspecified atom stereocenters. The zero-order valence-electron chi connectivity index (χ0n) is 12.9. The van der Waals surface area contributed by atoms with E-state index in [4.69, 9.17) is 0 Å². The fourth-order valence-electron chi connectivity index (χ4n) is 2.19. The van der Waals surface area contributed by atoms with Crippen molar-refractivity contribution in [1.29, 1.82) is 0 Å². The Morgan fingerprint density at radius 1 is 0.905 bits per heavy atom. The zero-order valence-corrected chi connectivity index (χ0v) is 13.7. The van der Waals surface area contributed by atoms with E-state index in [-0.39, 0.29) is 0 Å². The van der Waals surface area contributed by atoms with Crippen LogP contribution in [0.1, 0.15) is 22.3 Å². The van der Waals surface area contributed by atoms with Gasteiger partial charge in [0.05, 0.1) is 4.90 Å². The van der Waals surface area contributed by atoms with E-state index in [1.807, 2.05) is 51.1 Å². The number of rotatable bonds is 4. The van der Waals surface area contributed by atoms with Crippen molar-refractivity contribution in [2.24, 2.45) is 0 Å². The van der Waals surface area contributed by atoms with Crippen LogP contribution in [-0.2, 0) is 16.6 Å². The molecule has 21 heavy (non-hydrogen) atoms. The van der Waals surface area contributed by atoms with Crippen LogP contribution in [0.2, 0.25) is 0 Å². The number of nitrogens with zero attached hydrogens (tertiary/aromatic N) is 1. The number of aryl methyl sites for hydroxylation is 3. The lowest BCUT2D eigenvalue weighted by Gasteiger charge is -2.19. The fraction of sp³-hybridized carbons (Fsp3) is 0.294. The van der Waals surface area contributed by atoms with Crippen molar-refractivity contribution in [2.45, 2.75) is 32.2 Å². The molecule has 0 aliphatic rings. The summed E-state index contributed by atoms with van der Waals surface area (Å²) in [5.41, 5.74) is 4.32. The molecule has 0 saturated heterocycles.